The van der Waals surface area contributed by atoms with Crippen molar-refractivity contribution in [1.29, 1.82) is 0 Å². The van der Waals surface area contributed by atoms with Crippen LogP contribution >= 0.6 is 0 Å². The van der Waals surface area contributed by atoms with E-state index < -0.39 is 0 Å². The monoisotopic (exact) mass is 824 g/mol. The molecule has 0 aromatic heterocycles. The molecule has 11 rings (SSSR count). The summed E-state index contributed by atoms with van der Waals surface area (Å²) >= 11 is 0. The van der Waals surface area contributed by atoms with E-state index in [9.17, 15) is 0 Å². The topological polar surface area (TPSA) is 15.3 Å². The molecule has 10 aromatic rings. The van der Waals surface area contributed by atoms with E-state index in [1.165, 1.54) is 99.3 Å². The summed E-state index contributed by atoms with van der Waals surface area (Å²) in [7, 11) is 0. The van der Waals surface area contributed by atoms with Gasteiger partial charge in [0.25, 0.3) is 0 Å². The Bertz CT molecular complexity index is 3380. The number of benzene rings is 10. The highest BCUT2D eigenvalue weighted by atomic mass is 15.2. The molecule has 0 aliphatic carbocycles. The van der Waals surface area contributed by atoms with Crippen LogP contribution in [0.4, 0.5) is 28.4 Å². The smallest absolute Gasteiger partial charge is 0.0502 e. The number of hydrogen-bond donors (Lipinski definition) is 1. The third-order valence-corrected chi connectivity index (χ3v) is 13.9. The molecule has 64 heavy (non-hydrogen) atoms. The zero-order valence-corrected chi connectivity index (χ0v) is 37.5. The summed E-state index contributed by atoms with van der Waals surface area (Å²) in [5.41, 5.74) is 18.0. The normalized spacial score (nSPS) is 13.2. The van der Waals surface area contributed by atoms with Crippen molar-refractivity contribution >= 4 is 60.8 Å². The van der Waals surface area contributed by atoms with Gasteiger partial charge in [-0.05, 0) is 139 Å². The van der Waals surface area contributed by atoms with Crippen LogP contribution in [0, 0.1) is 13.8 Å². The van der Waals surface area contributed by atoms with Gasteiger partial charge in [-0.3, -0.25) is 0 Å². The maximum absolute atomic E-state index is 3.94. The van der Waals surface area contributed by atoms with Gasteiger partial charge in [-0.2, -0.15) is 0 Å². The summed E-state index contributed by atoms with van der Waals surface area (Å²) in [6.07, 6.45) is 0. The molecule has 1 aliphatic rings. The second kappa shape index (κ2) is 15.1. The highest BCUT2D eigenvalue weighted by Gasteiger charge is 2.36. The van der Waals surface area contributed by atoms with Crippen LogP contribution in [0.3, 0.4) is 0 Å². The highest BCUT2D eigenvalue weighted by molar-refractivity contribution is 6.23. The number of para-hydroxylation sites is 3. The molecule has 2 nitrogen and oxygen atoms in total. The van der Waals surface area contributed by atoms with Crippen molar-refractivity contribution in [2.75, 3.05) is 10.2 Å². The Morgan fingerprint density at radius 3 is 1.75 bits per heavy atom. The number of fused-ring (bicyclic) bond motifs is 5. The minimum absolute atomic E-state index is 0.146. The van der Waals surface area contributed by atoms with E-state index in [1.807, 2.05) is 0 Å². The first kappa shape index (κ1) is 39.4. The summed E-state index contributed by atoms with van der Waals surface area (Å²) < 4.78 is 0. The van der Waals surface area contributed by atoms with Gasteiger partial charge in [0.15, 0.2) is 0 Å². The number of aryl methyl sites for hydroxylation is 2. The maximum Gasteiger partial charge on any atom is 0.0502 e. The molecule has 0 saturated carbocycles. The summed E-state index contributed by atoms with van der Waals surface area (Å²) in [5.74, 6) is 0. The van der Waals surface area contributed by atoms with Gasteiger partial charge < -0.3 is 10.2 Å². The van der Waals surface area contributed by atoms with Gasteiger partial charge in [-0.25, -0.2) is 0 Å². The van der Waals surface area contributed by atoms with Crippen molar-refractivity contribution in [1.82, 2.24) is 0 Å². The SMILES string of the molecule is Cc1cc(C)cc(-c2c3ccc(N4c5ccccc5C(C)(C)c5ccccc54)cc3c(-c3ccc4ccccc4c3)c3ccc(Nc4ccccc4C(C)(C)c4ccccc4)cc23)c1. The zero-order chi connectivity index (χ0) is 43.7. The Hall–Kier alpha value is -7.42. The first-order valence-electron chi connectivity index (χ1n) is 22.6. The molecule has 0 fully saturated rings. The summed E-state index contributed by atoms with van der Waals surface area (Å²) in [5, 5.41) is 11.3. The lowest BCUT2D eigenvalue weighted by molar-refractivity contribution is 0.632. The van der Waals surface area contributed by atoms with Crippen molar-refractivity contribution < 1.29 is 0 Å². The van der Waals surface area contributed by atoms with E-state index in [0.717, 1.165) is 17.1 Å². The van der Waals surface area contributed by atoms with Gasteiger partial charge in [-0.15, -0.1) is 0 Å². The van der Waals surface area contributed by atoms with Crippen molar-refractivity contribution in [2.45, 2.75) is 52.4 Å². The summed E-state index contributed by atoms with van der Waals surface area (Å²) in [6, 6.07) is 74.4. The molecule has 310 valence electrons. The van der Waals surface area contributed by atoms with Crippen LogP contribution in [0.1, 0.15) is 61.1 Å². The first-order chi connectivity index (χ1) is 31.1. The van der Waals surface area contributed by atoms with Crippen LogP contribution in [-0.4, -0.2) is 0 Å². The molecule has 10 aromatic carbocycles. The molecular formula is C62H52N2. The Morgan fingerprint density at radius 1 is 0.453 bits per heavy atom. The minimum atomic E-state index is -0.214. The van der Waals surface area contributed by atoms with Crippen LogP contribution in [0.25, 0.3) is 54.6 Å². The Morgan fingerprint density at radius 2 is 1.03 bits per heavy atom. The fourth-order valence-electron chi connectivity index (χ4n) is 10.8. The van der Waals surface area contributed by atoms with Crippen molar-refractivity contribution in [3.05, 3.63) is 234 Å². The van der Waals surface area contributed by atoms with Gasteiger partial charge in [-0.1, -0.05) is 190 Å². The molecule has 1 heterocycles. The van der Waals surface area contributed by atoms with Gasteiger partial charge >= 0.3 is 0 Å². The van der Waals surface area contributed by atoms with Crippen molar-refractivity contribution in [3.63, 3.8) is 0 Å². The largest absolute Gasteiger partial charge is 0.355 e. The Balaban J connectivity index is 1.20. The molecule has 2 heteroatoms. The van der Waals surface area contributed by atoms with E-state index in [4.69, 9.17) is 0 Å². The van der Waals surface area contributed by atoms with E-state index in [1.54, 1.807) is 0 Å². The quantitative estimate of drug-likeness (QED) is 0.161. The first-order valence-corrected chi connectivity index (χ1v) is 22.6. The van der Waals surface area contributed by atoms with Gasteiger partial charge in [0.2, 0.25) is 0 Å². The molecule has 0 unspecified atom stereocenters. The van der Waals surface area contributed by atoms with Gasteiger partial charge in [0, 0.05) is 27.9 Å². The average Bonchev–Trinajstić information content (AvgIpc) is 3.31. The summed E-state index contributed by atoms with van der Waals surface area (Å²) in [6.45, 7) is 13.8. The number of rotatable bonds is 7. The van der Waals surface area contributed by atoms with Crippen molar-refractivity contribution in [2.24, 2.45) is 0 Å². The second-order valence-corrected chi connectivity index (χ2v) is 18.8. The molecule has 0 bridgehead atoms. The molecule has 1 aliphatic heterocycles. The third kappa shape index (κ3) is 6.47. The van der Waals surface area contributed by atoms with E-state index in [-0.39, 0.29) is 10.8 Å². The molecule has 0 spiro atoms. The predicted molar refractivity (Wildman–Crippen MR) is 274 cm³/mol. The average molecular weight is 825 g/mol. The molecule has 0 radical (unpaired) electrons. The zero-order valence-electron chi connectivity index (χ0n) is 37.5. The second-order valence-electron chi connectivity index (χ2n) is 18.8. The van der Waals surface area contributed by atoms with Crippen LogP contribution < -0.4 is 10.2 Å². The standard InChI is InChI=1S/C62H52N2/c1-40-34-41(2)36-45(35-40)60-50-33-31-48(64-57-26-16-13-23-54(57)62(5,6)55-24-14-17-27-58(55)64)39-52(50)59(44-29-28-42-18-10-11-19-43(42)37-44)49-32-30-47(38-51(49)60)63-56-25-15-12-22-53(56)61(3,4)46-20-8-7-9-21-46/h7-39,63H,1-6H3. The van der Waals surface area contributed by atoms with E-state index in [2.05, 4.69) is 252 Å². The lowest BCUT2D eigenvalue weighted by atomic mass is 9.73. The van der Waals surface area contributed by atoms with Crippen molar-refractivity contribution in [3.8, 4) is 22.3 Å². The van der Waals surface area contributed by atoms with Crippen LogP contribution in [0.5, 0.6) is 0 Å². The Labute approximate surface area is 377 Å². The van der Waals surface area contributed by atoms with Crippen LogP contribution in [0.15, 0.2) is 200 Å². The maximum atomic E-state index is 3.94. The molecule has 1 N–H and O–H groups in total. The molecule has 0 saturated heterocycles. The number of hydrogen-bond acceptors (Lipinski definition) is 2. The van der Waals surface area contributed by atoms with Crippen LogP contribution in [-0.2, 0) is 10.8 Å². The van der Waals surface area contributed by atoms with E-state index in [0.29, 0.717) is 0 Å². The molecule has 0 atom stereocenters. The van der Waals surface area contributed by atoms with Gasteiger partial charge in [0.05, 0.1) is 11.4 Å². The number of anilines is 5. The number of nitrogens with one attached hydrogen (secondary N) is 1. The third-order valence-electron chi connectivity index (χ3n) is 13.9. The van der Waals surface area contributed by atoms with Gasteiger partial charge in [0.1, 0.15) is 0 Å². The number of nitrogens with zero attached hydrogens (tertiary/aromatic N) is 1. The molecule has 0 amide bonds. The Kier molecular flexibility index (Phi) is 9.33. The lowest BCUT2D eigenvalue weighted by Gasteiger charge is -2.42. The lowest BCUT2D eigenvalue weighted by Crippen LogP contribution is -2.30. The van der Waals surface area contributed by atoms with Crippen LogP contribution in [0.2, 0.25) is 0 Å². The minimum Gasteiger partial charge on any atom is -0.355 e. The molecular weight excluding hydrogens is 773 g/mol. The highest BCUT2D eigenvalue weighted by Crippen LogP contribution is 2.53. The van der Waals surface area contributed by atoms with E-state index >= 15 is 0 Å². The predicted octanol–water partition coefficient (Wildman–Crippen LogP) is 17.3. The fraction of sp³-hybridized carbons (Fsp3) is 0.129. The fourth-order valence-corrected chi connectivity index (χ4v) is 10.8. The summed E-state index contributed by atoms with van der Waals surface area (Å²) in [4.78, 5) is 2.49.